The predicted octanol–water partition coefficient (Wildman–Crippen LogP) is 2.49. The van der Waals surface area contributed by atoms with Crippen LogP contribution in [0.25, 0.3) is 0 Å². The summed E-state index contributed by atoms with van der Waals surface area (Å²) in [4.78, 5) is 4.47. The van der Waals surface area contributed by atoms with Gasteiger partial charge in [0, 0.05) is 11.7 Å². The maximum atomic E-state index is 12.5. The zero-order valence-corrected chi connectivity index (χ0v) is 16.4. The van der Waals surface area contributed by atoms with Crippen LogP contribution in [0, 0.1) is 6.92 Å². The van der Waals surface area contributed by atoms with Crippen LogP contribution in [0.2, 0.25) is 0 Å². The summed E-state index contributed by atoms with van der Waals surface area (Å²) in [5.74, 6) is 0.286. The molecule has 1 aliphatic heterocycles. The number of benzene rings is 1. The molecule has 0 radical (unpaired) electrons. The third-order valence-electron chi connectivity index (χ3n) is 4.91. The van der Waals surface area contributed by atoms with E-state index < -0.39 is 28.3 Å². The first kappa shape index (κ1) is 18.9. The smallest absolute Gasteiger partial charge is 0.399 e. The first-order valence-electron chi connectivity index (χ1n) is 8.42. The van der Waals surface area contributed by atoms with Gasteiger partial charge < -0.3 is 9.31 Å². The SMILES string of the molecule is Cc1cc(B2OC(C)(C)C(C)(C)O2)cnc1NS(=O)(=O)c1ccccc1. The lowest BCUT2D eigenvalue weighted by molar-refractivity contribution is 0.00578. The van der Waals surface area contributed by atoms with Gasteiger partial charge in [0.15, 0.2) is 0 Å². The van der Waals surface area contributed by atoms with E-state index in [1.54, 1.807) is 31.3 Å². The summed E-state index contributed by atoms with van der Waals surface area (Å²) in [5.41, 5.74) is 0.554. The van der Waals surface area contributed by atoms with E-state index in [4.69, 9.17) is 9.31 Å². The molecule has 1 saturated heterocycles. The maximum absolute atomic E-state index is 12.5. The van der Waals surface area contributed by atoms with E-state index in [0.717, 1.165) is 5.46 Å². The highest BCUT2D eigenvalue weighted by molar-refractivity contribution is 7.92. The Morgan fingerprint density at radius 3 is 2.15 bits per heavy atom. The molecule has 3 rings (SSSR count). The summed E-state index contributed by atoms with van der Waals surface area (Å²) in [7, 11) is -4.22. The van der Waals surface area contributed by atoms with Crippen LogP contribution in [0.5, 0.6) is 0 Å². The van der Waals surface area contributed by atoms with E-state index in [2.05, 4.69) is 9.71 Å². The number of hydrogen-bond acceptors (Lipinski definition) is 5. The van der Waals surface area contributed by atoms with Crippen LogP contribution < -0.4 is 10.2 Å². The van der Waals surface area contributed by atoms with Gasteiger partial charge in [0.05, 0.1) is 16.1 Å². The van der Waals surface area contributed by atoms with Gasteiger partial charge in [-0.05, 0) is 52.3 Å². The van der Waals surface area contributed by atoms with Crippen molar-refractivity contribution in [2.24, 2.45) is 0 Å². The Bertz CT molecular complexity index is 898. The number of aryl methyl sites for hydroxylation is 1. The molecule has 0 amide bonds. The number of pyridine rings is 1. The largest absolute Gasteiger partial charge is 0.496 e. The van der Waals surface area contributed by atoms with Crippen molar-refractivity contribution < 1.29 is 17.7 Å². The van der Waals surface area contributed by atoms with Crippen LogP contribution in [0.1, 0.15) is 33.3 Å². The lowest BCUT2D eigenvalue weighted by Gasteiger charge is -2.32. The topological polar surface area (TPSA) is 77.5 Å². The van der Waals surface area contributed by atoms with Crippen molar-refractivity contribution in [1.82, 2.24) is 4.98 Å². The summed E-state index contributed by atoms with van der Waals surface area (Å²) < 4.78 is 39.5. The Kier molecular flexibility index (Phi) is 4.63. The van der Waals surface area contributed by atoms with E-state index >= 15 is 0 Å². The Morgan fingerprint density at radius 2 is 1.62 bits per heavy atom. The standard InChI is InChI=1S/C18H23BN2O4S/c1-13-11-14(19-24-17(2,3)18(4,5)25-19)12-20-16(13)21-26(22,23)15-9-7-6-8-10-15/h6-12H,1-5H3,(H,20,21). The quantitative estimate of drug-likeness (QED) is 0.832. The molecule has 0 bridgehead atoms. The molecular weight excluding hydrogens is 351 g/mol. The van der Waals surface area contributed by atoms with Crippen LogP contribution >= 0.6 is 0 Å². The Hall–Kier alpha value is -1.90. The second-order valence-electron chi connectivity index (χ2n) is 7.44. The molecule has 2 heterocycles. The van der Waals surface area contributed by atoms with E-state index in [9.17, 15) is 8.42 Å². The molecule has 2 aromatic rings. The van der Waals surface area contributed by atoms with Crippen molar-refractivity contribution >= 4 is 28.4 Å². The molecular formula is C18H23BN2O4S. The lowest BCUT2D eigenvalue weighted by atomic mass is 9.80. The van der Waals surface area contributed by atoms with Gasteiger partial charge in [0.25, 0.3) is 10.0 Å². The van der Waals surface area contributed by atoms with Crippen molar-refractivity contribution in [3.05, 3.63) is 48.2 Å². The zero-order valence-electron chi connectivity index (χ0n) is 15.6. The highest BCUT2D eigenvalue weighted by atomic mass is 32.2. The van der Waals surface area contributed by atoms with E-state index in [1.165, 1.54) is 12.1 Å². The second-order valence-corrected chi connectivity index (χ2v) is 9.12. The lowest BCUT2D eigenvalue weighted by Crippen LogP contribution is -2.41. The molecule has 6 nitrogen and oxygen atoms in total. The van der Waals surface area contributed by atoms with Gasteiger partial charge in [-0.1, -0.05) is 24.3 Å². The summed E-state index contributed by atoms with van der Waals surface area (Å²) >= 11 is 0. The van der Waals surface area contributed by atoms with Gasteiger partial charge in [-0.2, -0.15) is 0 Å². The van der Waals surface area contributed by atoms with Crippen LogP contribution in [-0.4, -0.2) is 31.7 Å². The van der Waals surface area contributed by atoms with Crippen LogP contribution in [-0.2, 0) is 19.3 Å². The molecule has 1 N–H and O–H groups in total. The zero-order chi connectivity index (χ0) is 19.2. The first-order chi connectivity index (χ1) is 12.0. The molecule has 138 valence electrons. The van der Waals surface area contributed by atoms with Crippen molar-refractivity contribution in [2.75, 3.05) is 4.72 Å². The summed E-state index contributed by atoms with van der Waals surface area (Å²) in [6.07, 6.45) is 1.58. The van der Waals surface area contributed by atoms with Crippen molar-refractivity contribution in [3.63, 3.8) is 0 Å². The van der Waals surface area contributed by atoms with Gasteiger partial charge in [0.2, 0.25) is 0 Å². The minimum atomic E-state index is -3.68. The summed E-state index contributed by atoms with van der Waals surface area (Å²) in [5, 5.41) is 0. The Morgan fingerprint density at radius 1 is 1.04 bits per heavy atom. The third kappa shape index (κ3) is 3.49. The molecule has 0 unspecified atom stereocenters. The second kappa shape index (κ2) is 6.37. The fraction of sp³-hybridized carbons (Fsp3) is 0.389. The molecule has 26 heavy (non-hydrogen) atoms. The minimum Gasteiger partial charge on any atom is -0.399 e. The number of sulfonamides is 1. The van der Waals surface area contributed by atoms with Crippen LogP contribution in [0.15, 0.2) is 47.5 Å². The van der Waals surface area contributed by atoms with E-state index in [-0.39, 0.29) is 10.7 Å². The number of anilines is 1. The maximum Gasteiger partial charge on any atom is 0.496 e. The number of nitrogens with one attached hydrogen (secondary N) is 1. The van der Waals surface area contributed by atoms with Gasteiger partial charge >= 0.3 is 7.12 Å². The Balaban J connectivity index is 1.83. The predicted molar refractivity (Wildman–Crippen MR) is 102 cm³/mol. The van der Waals surface area contributed by atoms with Crippen LogP contribution in [0.3, 0.4) is 0 Å². The molecule has 1 fully saturated rings. The molecule has 0 atom stereocenters. The van der Waals surface area contributed by atoms with E-state index in [1.807, 2.05) is 33.8 Å². The van der Waals surface area contributed by atoms with Gasteiger partial charge in [-0.25, -0.2) is 13.4 Å². The van der Waals surface area contributed by atoms with Crippen molar-refractivity contribution in [3.8, 4) is 0 Å². The highest BCUT2D eigenvalue weighted by Gasteiger charge is 2.51. The van der Waals surface area contributed by atoms with Gasteiger partial charge in [-0.3, -0.25) is 4.72 Å². The monoisotopic (exact) mass is 374 g/mol. The summed E-state index contributed by atoms with van der Waals surface area (Å²) in [6, 6.07) is 10.0. The number of nitrogens with zero attached hydrogens (tertiary/aromatic N) is 1. The number of aromatic nitrogens is 1. The fourth-order valence-electron chi connectivity index (χ4n) is 2.60. The number of hydrogen-bond donors (Lipinski definition) is 1. The molecule has 1 aromatic carbocycles. The molecule has 0 spiro atoms. The number of rotatable bonds is 4. The highest BCUT2D eigenvalue weighted by Crippen LogP contribution is 2.36. The van der Waals surface area contributed by atoms with Crippen LogP contribution in [0.4, 0.5) is 5.82 Å². The molecule has 1 aliphatic rings. The first-order valence-corrected chi connectivity index (χ1v) is 9.90. The average Bonchev–Trinajstić information content (AvgIpc) is 2.78. The molecule has 8 heteroatoms. The normalized spacial score (nSPS) is 18.7. The molecule has 0 aliphatic carbocycles. The van der Waals surface area contributed by atoms with Crippen molar-refractivity contribution in [2.45, 2.75) is 50.7 Å². The summed E-state index contributed by atoms with van der Waals surface area (Å²) in [6.45, 7) is 9.72. The third-order valence-corrected chi connectivity index (χ3v) is 6.26. The molecule has 1 aromatic heterocycles. The van der Waals surface area contributed by atoms with E-state index in [0.29, 0.717) is 5.56 Å². The minimum absolute atomic E-state index is 0.191. The fourth-order valence-corrected chi connectivity index (χ4v) is 3.70. The Labute approximate surface area is 155 Å². The molecule has 0 saturated carbocycles. The average molecular weight is 374 g/mol. The van der Waals surface area contributed by atoms with Crippen molar-refractivity contribution in [1.29, 1.82) is 0 Å². The van der Waals surface area contributed by atoms with Gasteiger partial charge in [0.1, 0.15) is 5.82 Å². The van der Waals surface area contributed by atoms with Gasteiger partial charge in [-0.15, -0.1) is 0 Å².